The summed E-state index contributed by atoms with van der Waals surface area (Å²) in [4.78, 5) is 32.6. The van der Waals surface area contributed by atoms with Gasteiger partial charge in [0.25, 0.3) is 5.91 Å². The van der Waals surface area contributed by atoms with Crippen molar-refractivity contribution >= 4 is 28.9 Å². The molecule has 1 heterocycles. The maximum Gasteiger partial charge on any atom is 0.253 e. The molecule has 3 aromatic rings. The molecule has 0 fully saturated rings. The van der Waals surface area contributed by atoms with Crippen LogP contribution in [0.2, 0.25) is 0 Å². The molecular formula is C26H25N3O2. The number of carbonyl (C=O) groups excluding carboxylic acids is 2. The third kappa shape index (κ3) is 4.12. The summed E-state index contributed by atoms with van der Waals surface area (Å²) < 4.78 is 0. The molecule has 1 atom stereocenters. The molecule has 0 spiro atoms. The van der Waals surface area contributed by atoms with Gasteiger partial charge < -0.3 is 10.2 Å². The Bertz CT molecular complexity index is 1120. The lowest BCUT2D eigenvalue weighted by atomic mass is 9.89. The zero-order valence-electron chi connectivity index (χ0n) is 17.7. The molecule has 2 amide bonds. The van der Waals surface area contributed by atoms with E-state index in [1.807, 2.05) is 86.6 Å². The van der Waals surface area contributed by atoms with Crippen LogP contribution in [0.15, 0.2) is 83.9 Å². The van der Waals surface area contributed by atoms with Crippen molar-refractivity contribution < 1.29 is 9.59 Å². The normalized spacial score (nSPS) is 15.4. The molecule has 0 saturated heterocycles. The number of anilines is 1. The highest BCUT2D eigenvalue weighted by molar-refractivity contribution is 6.24. The number of rotatable bonds is 6. The second-order valence-corrected chi connectivity index (χ2v) is 7.40. The van der Waals surface area contributed by atoms with E-state index in [9.17, 15) is 9.59 Å². The van der Waals surface area contributed by atoms with Crippen LogP contribution >= 0.6 is 0 Å². The van der Waals surface area contributed by atoms with Gasteiger partial charge in [-0.1, -0.05) is 48.5 Å². The topological polar surface area (TPSA) is 61.8 Å². The highest BCUT2D eigenvalue weighted by Gasteiger charge is 2.36. The molecule has 1 unspecified atom stereocenters. The van der Waals surface area contributed by atoms with E-state index in [0.717, 1.165) is 22.5 Å². The van der Waals surface area contributed by atoms with Crippen LogP contribution in [-0.4, -0.2) is 35.5 Å². The number of hydrogen-bond acceptors (Lipinski definition) is 3. The predicted molar refractivity (Wildman–Crippen MR) is 124 cm³/mol. The van der Waals surface area contributed by atoms with Crippen molar-refractivity contribution in [1.82, 2.24) is 4.90 Å². The van der Waals surface area contributed by atoms with Crippen LogP contribution < -0.4 is 5.32 Å². The first-order valence-corrected chi connectivity index (χ1v) is 10.6. The van der Waals surface area contributed by atoms with Gasteiger partial charge in [0.15, 0.2) is 0 Å². The Morgan fingerprint density at radius 3 is 2.19 bits per heavy atom. The Balaban J connectivity index is 1.83. The molecule has 31 heavy (non-hydrogen) atoms. The summed E-state index contributed by atoms with van der Waals surface area (Å²) in [6.07, 6.45) is 0. The van der Waals surface area contributed by atoms with Crippen LogP contribution in [0.5, 0.6) is 0 Å². The second-order valence-electron chi connectivity index (χ2n) is 7.40. The number of hydrogen-bond donors (Lipinski definition) is 1. The Hall–Kier alpha value is -3.73. The van der Waals surface area contributed by atoms with Crippen molar-refractivity contribution in [2.24, 2.45) is 4.99 Å². The highest BCUT2D eigenvalue weighted by Crippen LogP contribution is 2.37. The molecule has 1 aliphatic rings. The van der Waals surface area contributed by atoms with E-state index in [1.54, 1.807) is 11.0 Å². The van der Waals surface area contributed by atoms with Gasteiger partial charge in [-0.3, -0.25) is 14.6 Å². The number of benzene rings is 3. The minimum Gasteiger partial charge on any atom is -0.339 e. The van der Waals surface area contributed by atoms with E-state index in [1.165, 1.54) is 0 Å². The van der Waals surface area contributed by atoms with Gasteiger partial charge in [0.1, 0.15) is 5.92 Å². The third-order valence-corrected chi connectivity index (χ3v) is 5.53. The molecule has 0 aliphatic carbocycles. The van der Waals surface area contributed by atoms with Gasteiger partial charge in [-0.25, -0.2) is 0 Å². The van der Waals surface area contributed by atoms with Crippen LogP contribution in [0.3, 0.4) is 0 Å². The lowest BCUT2D eigenvalue weighted by Crippen LogP contribution is -2.30. The molecule has 5 nitrogen and oxygen atoms in total. The molecular weight excluding hydrogens is 386 g/mol. The van der Waals surface area contributed by atoms with Gasteiger partial charge in [-0.2, -0.15) is 0 Å². The van der Waals surface area contributed by atoms with Crippen molar-refractivity contribution in [1.29, 1.82) is 0 Å². The summed E-state index contributed by atoms with van der Waals surface area (Å²) in [5, 5.41) is 2.96. The zero-order valence-corrected chi connectivity index (χ0v) is 17.7. The van der Waals surface area contributed by atoms with Gasteiger partial charge in [-0.05, 0) is 55.3 Å². The summed E-state index contributed by atoms with van der Waals surface area (Å²) in [6, 6.07) is 24.8. The quantitative estimate of drug-likeness (QED) is 0.579. The fourth-order valence-corrected chi connectivity index (χ4v) is 3.91. The van der Waals surface area contributed by atoms with Gasteiger partial charge in [0.2, 0.25) is 5.91 Å². The van der Waals surface area contributed by atoms with Crippen molar-refractivity contribution in [3.05, 3.63) is 95.6 Å². The zero-order chi connectivity index (χ0) is 21.8. The number of nitrogens with zero attached hydrogens (tertiary/aromatic N) is 2. The molecule has 5 heteroatoms. The number of fused-ring (bicyclic) bond motifs is 1. The molecule has 1 N–H and O–H groups in total. The lowest BCUT2D eigenvalue weighted by molar-refractivity contribution is -0.115. The van der Waals surface area contributed by atoms with Crippen LogP contribution in [-0.2, 0) is 4.79 Å². The molecule has 1 aliphatic heterocycles. The first-order valence-electron chi connectivity index (χ1n) is 10.6. The fourth-order valence-electron chi connectivity index (χ4n) is 3.91. The van der Waals surface area contributed by atoms with Gasteiger partial charge >= 0.3 is 0 Å². The standard InChI is InChI=1S/C26H25N3O2/c1-3-29(4-2)26(31)19-15-16-22-21(17-19)23(25(30)28-22)24(18-11-7-5-8-12-18)27-20-13-9-6-10-14-20/h5-17,23H,3-4H2,1-2H3,(H,28,30). The predicted octanol–water partition coefficient (Wildman–Crippen LogP) is 5.03. The van der Waals surface area contributed by atoms with Crippen molar-refractivity contribution in [2.45, 2.75) is 19.8 Å². The summed E-state index contributed by atoms with van der Waals surface area (Å²) >= 11 is 0. The average Bonchev–Trinajstić information content (AvgIpc) is 3.14. The van der Waals surface area contributed by atoms with Gasteiger partial charge in [0, 0.05) is 24.3 Å². The molecule has 0 bridgehead atoms. The van der Waals surface area contributed by atoms with Crippen LogP contribution in [0.4, 0.5) is 11.4 Å². The molecule has 4 rings (SSSR count). The lowest BCUT2D eigenvalue weighted by Gasteiger charge is -2.19. The van der Waals surface area contributed by atoms with Crippen molar-refractivity contribution in [3.63, 3.8) is 0 Å². The summed E-state index contributed by atoms with van der Waals surface area (Å²) in [5.41, 5.74) is 4.40. The summed E-state index contributed by atoms with van der Waals surface area (Å²) in [5.74, 6) is -0.768. The second kappa shape index (κ2) is 8.96. The van der Waals surface area contributed by atoms with E-state index < -0.39 is 5.92 Å². The smallest absolute Gasteiger partial charge is 0.253 e. The first-order chi connectivity index (χ1) is 15.1. The number of carbonyl (C=O) groups is 2. The van der Waals surface area contributed by atoms with E-state index >= 15 is 0 Å². The maximum atomic E-state index is 13.1. The monoisotopic (exact) mass is 411 g/mol. The first kappa shape index (κ1) is 20.5. The van der Waals surface area contributed by atoms with Crippen LogP contribution in [0.25, 0.3) is 0 Å². The third-order valence-electron chi connectivity index (χ3n) is 5.53. The molecule has 0 radical (unpaired) electrons. The Morgan fingerprint density at radius 2 is 1.55 bits per heavy atom. The van der Waals surface area contributed by atoms with E-state index in [2.05, 4.69) is 5.32 Å². The van der Waals surface area contributed by atoms with E-state index in [-0.39, 0.29) is 11.8 Å². The summed E-state index contributed by atoms with van der Waals surface area (Å²) in [7, 11) is 0. The Morgan fingerprint density at radius 1 is 0.903 bits per heavy atom. The Labute approximate surface area is 182 Å². The Kier molecular flexibility index (Phi) is 5.94. The van der Waals surface area contributed by atoms with E-state index in [4.69, 9.17) is 4.99 Å². The number of para-hydroxylation sites is 1. The number of nitrogens with one attached hydrogen (secondary N) is 1. The van der Waals surface area contributed by atoms with E-state index in [0.29, 0.717) is 24.4 Å². The minimum absolute atomic E-state index is 0.0350. The minimum atomic E-state index is -0.595. The number of amides is 2. The molecule has 156 valence electrons. The SMILES string of the molecule is CCN(CC)C(=O)c1ccc2c(c1)C(C(=Nc1ccccc1)c1ccccc1)C(=O)N2. The van der Waals surface area contributed by atoms with Crippen LogP contribution in [0, 0.1) is 0 Å². The van der Waals surface area contributed by atoms with Crippen LogP contribution in [0.1, 0.15) is 41.3 Å². The highest BCUT2D eigenvalue weighted by atomic mass is 16.2. The summed E-state index contributed by atoms with van der Waals surface area (Å²) in [6.45, 7) is 5.20. The average molecular weight is 412 g/mol. The largest absolute Gasteiger partial charge is 0.339 e. The fraction of sp³-hybridized carbons (Fsp3) is 0.192. The maximum absolute atomic E-state index is 13.1. The van der Waals surface area contributed by atoms with Crippen molar-refractivity contribution in [3.8, 4) is 0 Å². The molecule has 3 aromatic carbocycles. The molecule has 0 aromatic heterocycles. The van der Waals surface area contributed by atoms with Gasteiger partial charge in [0.05, 0.1) is 11.4 Å². The van der Waals surface area contributed by atoms with Gasteiger partial charge in [-0.15, -0.1) is 0 Å². The molecule has 0 saturated carbocycles. The van der Waals surface area contributed by atoms with Crippen molar-refractivity contribution in [2.75, 3.05) is 18.4 Å². The number of aliphatic imine (C=N–C) groups is 1.